The molecule has 2 N–H and O–H groups in total. The highest BCUT2D eigenvalue weighted by molar-refractivity contribution is 7.80. The van der Waals surface area contributed by atoms with E-state index < -0.39 is 0 Å². The predicted molar refractivity (Wildman–Crippen MR) is 73.5 cm³/mol. The molecule has 3 nitrogen and oxygen atoms in total. The second-order valence-corrected chi connectivity index (χ2v) is 4.07. The van der Waals surface area contributed by atoms with Crippen molar-refractivity contribution in [1.29, 1.82) is 0 Å². The average molecular weight is 276 g/mol. The molecule has 0 heterocycles. The van der Waals surface area contributed by atoms with Crippen LogP contribution in [0.2, 0.25) is 10.0 Å². The third-order valence-corrected chi connectivity index (χ3v) is 2.76. The highest BCUT2D eigenvalue weighted by atomic mass is 35.5. The Kier molecular flexibility index (Phi) is 5.52. The lowest BCUT2D eigenvalue weighted by molar-refractivity contribution is 0.904. The van der Waals surface area contributed by atoms with Crippen LogP contribution in [-0.2, 0) is 0 Å². The van der Waals surface area contributed by atoms with Gasteiger partial charge in [-0.05, 0) is 25.2 Å². The molecule has 0 saturated heterocycles. The molecule has 0 aliphatic rings. The number of thiocarbonyl (C=S) groups is 1. The quantitative estimate of drug-likeness (QED) is 0.506. The van der Waals surface area contributed by atoms with Crippen molar-refractivity contribution in [1.82, 2.24) is 10.7 Å². The molecular weight excluding hydrogens is 265 g/mol. The first-order valence-electron chi connectivity index (χ1n) is 4.66. The van der Waals surface area contributed by atoms with Gasteiger partial charge in [0.25, 0.3) is 0 Å². The van der Waals surface area contributed by atoms with Crippen LogP contribution in [0.5, 0.6) is 0 Å². The summed E-state index contributed by atoms with van der Waals surface area (Å²) in [4.78, 5) is 0. The Morgan fingerprint density at radius 3 is 2.94 bits per heavy atom. The van der Waals surface area contributed by atoms with E-state index in [9.17, 15) is 0 Å². The van der Waals surface area contributed by atoms with Crippen LogP contribution in [0.4, 0.5) is 0 Å². The molecule has 0 atom stereocenters. The van der Waals surface area contributed by atoms with Crippen LogP contribution in [0.1, 0.15) is 12.5 Å². The van der Waals surface area contributed by atoms with E-state index in [-0.39, 0.29) is 0 Å². The first-order valence-corrected chi connectivity index (χ1v) is 5.82. The van der Waals surface area contributed by atoms with Gasteiger partial charge in [-0.15, -0.1) is 0 Å². The lowest BCUT2D eigenvalue weighted by atomic mass is 10.2. The average Bonchev–Trinajstić information content (AvgIpc) is 2.25. The highest BCUT2D eigenvalue weighted by Gasteiger charge is 2.00. The van der Waals surface area contributed by atoms with Gasteiger partial charge in [0.2, 0.25) is 0 Å². The zero-order valence-corrected chi connectivity index (χ0v) is 11.0. The zero-order chi connectivity index (χ0) is 12.0. The van der Waals surface area contributed by atoms with Crippen molar-refractivity contribution in [2.75, 3.05) is 6.54 Å². The van der Waals surface area contributed by atoms with Crippen molar-refractivity contribution < 1.29 is 0 Å². The van der Waals surface area contributed by atoms with E-state index in [0.717, 1.165) is 12.1 Å². The summed E-state index contributed by atoms with van der Waals surface area (Å²) in [5, 5.41) is 8.29. The molecule has 0 aliphatic carbocycles. The van der Waals surface area contributed by atoms with Crippen molar-refractivity contribution in [3.63, 3.8) is 0 Å². The van der Waals surface area contributed by atoms with Crippen LogP contribution in [0, 0.1) is 0 Å². The fourth-order valence-electron chi connectivity index (χ4n) is 0.981. The van der Waals surface area contributed by atoms with Gasteiger partial charge >= 0.3 is 0 Å². The Balaban J connectivity index is 2.63. The minimum absolute atomic E-state index is 0.469. The fraction of sp³-hybridized carbons (Fsp3) is 0.200. The van der Waals surface area contributed by atoms with Crippen molar-refractivity contribution in [3.05, 3.63) is 33.8 Å². The summed E-state index contributed by atoms with van der Waals surface area (Å²) in [7, 11) is 0. The Bertz CT molecular complexity index is 407. The third-order valence-electron chi connectivity index (χ3n) is 1.69. The maximum Gasteiger partial charge on any atom is 0.186 e. The third kappa shape index (κ3) is 3.96. The van der Waals surface area contributed by atoms with Crippen molar-refractivity contribution in [2.24, 2.45) is 5.10 Å². The molecule has 1 aromatic carbocycles. The van der Waals surface area contributed by atoms with E-state index in [0.29, 0.717) is 15.2 Å². The van der Waals surface area contributed by atoms with E-state index in [2.05, 4.69) is 15.8 Å². The van der Waals surface area contributed by atoms with E-state index >= 15 is 0 Å². The topological polar surface area (TPSA) is 36.4 Å². The first kappa shape index (κ1) is 13.2. The van der Waals surface area contributed by atoms with Gasteiger partial charge in [-0.2, -0.15) is 5.10 Å². The number of rotatable bonds is 3. The van der Waals surface area contributed by atoms with Gasteiger partial charge in [0, 0.05) is 12.1 Å². The first-order chi connectivity index (χ1) is 7.65. The summed E-state index contributed by atoms with van der Waals surface area (Å²) in [5.41, 5.74) is 3.40. The van der Waals surface area contributed by atoms with Crippen molar-refractivity contribution in [3.8, 4) is 0 Å². The molecule has 6 heteroatoms. The van der Waals surface area contributed by atoms with E-state index in [1.165, 1.54) is 0 Å². The van der Waals surface area contributed by atoms with Crippen LogP contribution >= 0.6 is 35.4 Å². The molecule has 0 fully saturated rings. The number of nitrogens with zero attached hydrogens (tertiary/aromatic N) is 1. The van der Waals surface area contributed by atoms with Gasteiger partial charge in [0.1, 0.15) is 0 Å². The lowest BCUT2D eigenvalue weighted by Crippen LogP contribution is -2.31. The summed E-state index contributed by atoms with van der Waals surface area (Å²) in [5.74, 6) is 0. The second-order valence-electron chi connectivity index (χ2n) is 2.87. The number of hydrazone groups is 1. The van der Waals surface area contributed by atoms with Gasteiger partial charge in [-0.25, -0.2) is 0 Å². The summed E-state index contributed by atoms with van der Waals surface area (Å²) in [6.45, 7) is 2.70. The van der Waals surface area contributed by atoms with Gasteiger partial charge in [0.15, 0.2) is 5.11 Å². The monoisotopic (exact) mass is 275 g/mol. The lowest BCUT2D eigenvalue weighted by Gasteiger charge is -2.03. The predicted octanol–water partition coefficient (Wildman–Crippen LogP) is 2.81. The maximum absolute atomic E-state index is 5.97. The summed E-state index contributed by atoms with van der Waals surface area (Å²) >= 11 is 16.8. The molecule has 0 bridgehead atoms. The van der Waals surface area contributed by atoms with Gasteiger partial charge in [0.05, 0.1) is 16.3 Å². The van der Waals surface area contributed by atoms with Crippen LogP contribution in [0.3, 0.4) is 0 Å². The second kappa shape index (κ2) is 6.68. The molecular formula is C10H11Cl2N3S. The molecule has 0 spiro atoms. The SMILES string of the molecule is CCNC(=S)N/N=C\c1cccc(Cl)c1Cl. The molecule has 1 rings (SSSR count). The number of hydrogen-bond donors (Lipinski definition) is 2. The molecule has 0 aliphatic heterocycles. The molecule has 0 saturated carbocycles. The summed E-state index contributed by atoms with van der Waals surface area (Å²) in [6, 6.07) is 5.34. The smallest absolute Gasteiger partial charge is 0.186 e. The minimum Gasteiger partial charge on any atom is -0.362 e. The van der Waals surface area contributed by atoms with E-state index in [1.807, 2.05) is 13.0 Å². The largest absolute Gasteiger partial charge is 0.362 e. The fourth-order valence-corrected chi connectivity index (χ4v) is 1.53. The molecule has 0 aromatic heterocycles. The standard InChI is InChI=1S/C10H11Cl2N3S/c1-2-13-10(16)15-14-6-7-4-3-5-8(11)9(7)12/h3-6H,2H2,1H3,(H2,13,15,16)/b14-6-. The minimum atomic E-state index is 0.469. The van der Waals surface area contributed by atoms with Crippen LogP contribution in [0.15, 0.2) is 23.3 Å². The van der Waals surface area contributed by atoms with Crippen LogP contribution in [-0.4, -0.2) is 17.9 Å². The Morgan fingerprint density at radius 2 is 2.25 bits per heavy atom. The molecule has 86 valence electrons. The molecule has 0 unspecified atom stereocenters. The van der Waals surface area contributed by atoms with Gasteiger partial charge in [-0.3, -0.25) is 5.43 Å². The molecule has 1 aromatic rings. The van der Waals surface area contributed by atoms with Gasteiger partial charge < -0.3 is 5.32 Å². The molecule has 0 radical (unpaired) electrons. The molecule has 16 heavy (non-hydrogen) atoms. The van der Waals surface area contributed by atoms with Crippen molar-refractivity contribution >= 4 is 46.7 Å². The molecule has 0 amide bonds. The van der Waals surface area contributed by atoms with E-state index in [1.54, 1.807) is 18.3 Å². The summed E-state index contributed by atoms with van der Waals surface area (Å²) < 4.78 is 0. The Morgan fingerprint density at radius 1 is 1.50 bits per heavy atom. The normalized spacial score (nSPS) is 10.4. The van der Waals surface area contributed by atoms with Crippen molar-refractivity contribution in [2.45, 2.75) is 6.92 Å². The number of benzene rings is 1. The van der Waals surface area contributed by atoms with Gasteiger partial charge in [-0.1, -0.05) is 35.3 Å². The zero-order valence-electron chi connectivity index (χ0n) is 8.63. The highest BCUT2D eigenvalue weighted by Crippen LogP contribution is 2.23. The Hall–Kier alpha value is -0.840. The maximum atomic E-state index is 5.97. The van der Waals surface area contributed by atoms with Crippen LogP contribution in [0.25, 0.3) is 0 Å². The number of hydrogen-bond acceptors (Lipinski definition) is 2. The van der Waals surface area contributed by atoms with E-state index in [4.69, 9.17) is 35.4 Å². The number of halogens is 2. The number of nitrogens with one attached hydrogen (secondary N) is 2. The van der Waals surface area contributed by atoms with Crippen LogP contribution < -0.4 is 10.7 Å². The summed E-state index contributed by atoms with van der Waals surface area (Å²) in [6.07, 6.45) is 1.57. The Labute approximate surface area is 110 Å².